The zero-order valence-corrected chi connectivity index (χ0v) is 12.5. The Morgan fingerprint density at radius 3 is 2.60 bits per heavy atom. The lowest BCUT2D eigenvalue weighted by Crippen LogP contribution is -2.23. The number of carbonyl (C=O) groups excluding carboxylic acids is 1. The van der Waals surface area contributed by atoms with Crippen molar-refractivity contribution in [1.29, 1.82) is 0 Å². The van der Waals surface area contributed by atoms with Gasteiger partial charge in [-0.15, -0.1) is 0 Å². The number of oxazole rings is 1. The molecule has 0 aliphatic heterocycles. The van der Waals surface area contributed by atoms with Gasteiger partial charge in [-0.2, -0.15) is 0 Å². The molecule has 4 nitrogen and oxygen atoms in total. The number of carbonyl (C=O) groups is 1. The van der Waals surface area contributed by atoms with E-state index >= 15 is 0 Å². The maximum absolute atomic E-state index is 12.4. The van der Waals surface area contributed by atoms with Crippen LogP contribution in [0.15, 0.2) is 27.4 Å². The second-order valence-corrected chi connectivity index (χ2v) is 5.77. The first-order chi connectivity index (χ1) is 9.40. The lowest BCUT2D eigenvalue weighted by molar-refractivity contribution is 0.0833. The highest BCUT2D eigenvalue weighted by Crippen LogP contribution is 2.27. The molecule has 0 saturated carbocycles. The zero-order chi connectivity index (χ0) is 14.9. The number of aromatic nitrogens is 1. The van der Waals surface area contributed by atoms with Crippen molar-refractivity contribution in [3.8, 4) is 0 Å². The Morgan fingerprint density at radius 2 is 2.00 bits per heavy atom. The van der Waals surface area contributed by atoms with Crippen LogP contribution in [0.2, 0.25) is 0 Å². The number of Topliss-reactive ketones (excluding diaryl/α,β-unsaturated/α-hetero) is 1. The zero-order valence-electron chi connectivity index (χ0n) is 12.5. The molecule has 0 spiro atoms. The number of fused-ring (bicyclic) bond motifs is 1. The van der Waals surface area contributed by atoms with E-state index in [-0.39, 0.29) is 11.5 Å². The number of rotatable bonds is 5. The van der Waals surface area contributed by atoms with E-state index in [2.05, 4.69) is 0 Å². The highest BCUT2D eigenvalue weighted by atomic mass is 16.4. The average molecular weight is 275 g/mol. The molecule has 0 bridgehead atoms. The topological polar surface area (TPSA) is 52.2 Å². The van der Waals surface area contributed by atoms with Crippen LogP contribution in [-0.2, 0) is 6.54 Å². The van der Waals surface area contributed by atoms with E-state index in [1.807, 2.05) is 27.7 Å². The van der Waals surface area contributed by atoms with Crippen LogP contribution >= 0.6 is 0 Å². The molecule has 1 heterocycles. The average Bonchev–Trinajstić information content (AvgIpc) is 2.74. The fraction of sp³-hybridized carbons (Fsp3) is 0.500. The largest absolute Gasteiger partial charge is 0.419 e. The first-order valence-electron chi connectivity index (χ1n) is 7.09. The predicted molar refractivity (Wildman–Crippen MR) is 79.2 cm³/mol. The number of aryl methyl sites for hydroxylation is 1. The van der Waals surface area contributed by atoms with E-state index in [0.29, 0.717) is 17.7 Å². The maximum Gasteiger partial charge on any atom is 0.419 e. The van der Waals surface area contributed by atoms with Gasteiger partial charge in [0.1, 0.15) is 0 Å². The van der Waals surface area contributed by atoms with E-state index in [0.717, 1.165) is 18.4 Å². The van der Waals surface area contributed by atoms with Gasteiger partial charge < -0.3 is 4.42 Å². The van der Waals surface area contributed by atoms with Crippen molar-refractivity contribution in [2.45, 2.75) is 47.1 Å². The second kappa shape index (κ2) is 5.27. The van der Waals surface area contributed by atoms with Crippen molar-refractivity contribution in [3.05, 3.63) is 34.3 Å². The molecule has 0 fully saturated rings. The summed E-state index contributed by atoms with van der Waals surface area (Å²) in [7, 11) is 0. The van der Waals surface area contributed by atoms with Gasteiger partial charge in [0.25, 0.3) is 0 Å². The van der Waals surface area contributed by atoms with Crippen LogP contribution in [0.4, 0.5) is 0 Å². The molecule has 4 heteroatoms. The summed E-state index contributed by atoms with van der Waals surface area (Å²) in [6, 6.07) is 5.26. The molecule has 108 valence electrons. The molecule has 0 amide bonds. The number of hydrogen-bond acceptors (Lipinski definition) is 3. The Hall–Kier alpha value is -1.84. The van der Waals surface area contributed by atoms with Crippen molar-refractivity contribution >= 4 is 16.9 Å². The smallest absolute Gasteiger partial charge is 0.408 e. The molecule has 0 N–H and O–H groups in total. The summed E-state index contributed by atoms with van der Waals surface area (Å²) >= 11 is 0. The van der Waals surface area contributed by atoms with Crippen molar-refractivity contribution in [1.82, 2.24) is 4.57 Å². The molecule has 0 saturated heterocycles. The second-order valence-electron chi connectivity index (χ2n) is 5.77. The van der Waals surface area contributed by atoms with E-state index in [1.165, 1.54) is 0 Å². The first kappa shape index (κ1) is 14.6. The number of benzene rings is 1. The summed E-state index contributed by atoms with van der Waals surface area (Å²) in [6.07, 6.45) is 1.63. The first-order valence-corrected chi connectivity index (χ1v) is 7.09. The minimum absolute atomic E-state index is 0.0767. The monoisotopic (exact) mass is 275 g/mol. The van der Waals surface area contributed by atoms with Gasteiger partial charge in [0.05, 0.1) is 5.52 Å². The third-order valence-electron chi connectivity index (χ3n) is 3.88. The Bertz CT molecular complexity index is 691. The fourth-order valence-electron chi connectivity index (χ4n) is 2.19. The Morgan fingerprint density at radius 1 is 1.30 bits per heavy atom. The normalized spacial score (nSPS) is 12.0. The van der Waals surface area contributed by atoms with Crippen LogP contribution in [0.5, 0.6) is 0 Å². The summed E-state index contributed by atoms with van der Waals surface area (Å²) in [5.41, 5.74) is 1.44. The van der Waals surface area contributed by atoms with Gasteiger partial charge in [0, 0.05) is 17.5 Å². The Balaban J connectivity index is 2.51. The number of hydrogen-bond donors (Lipinski definition) is 0. The minimum atomic E-state index is -0.403. The lowest BCUT2D eigenvalue weighted by Gasteiger charge is -2.20. The molecule has 0 unspecified atom stereocenters. The van der Waals surface area contributed by atoms with Gasteiger partial charge in [-0.1, -0.05) is 27.7 Å². The SMILES string of the molecule is CCCn1c(=O)oc2cc(C(=O)C(C)(C)CC)ccc21. The van der Waals surface area contributed by atoms with Gasteiger partial charge in [0.2, 0.25) is 0 Å². The Labute approximate surface area is 118 Å². The van der Waals surface area contributed by atoms with Gasteiger partial charge in [-0.05, 0) is 31.0 Å². The predicted octanol–water partition coefficient (Wildman–Crippen LogP) is 3.62. The van der Waals surface area contributed by atoms with E-state index in [1.54, 1.807) is 22.8 Å². The molecule has 0 aliphatic rings. The summed E-state index contributed by atoms with van der Waals surface area (Å²) in [5, 5.41) is 0. The highest BCUT2D eigenvalue weighted by Gasteiger charge is 2.27. The van der Waals surface area contributed by atoms with E-state index < -0.39 is 5.41 Å². The van der Waals surface area contributed by atoms with Crippen LogP contribution in [-0.4, -0.2) is 10.4 Å². The highest BCUT2D eigenvalue weighted by molar-refractivity contribution is 6.02. The van der Waals surface area contributed by atoms with Crippen molar-refractivity contribution < 1.29 is 9.21 Å². The molecule has 0 radical (unpaired) electrons. The van der Waals surface area contributed by atoms with Crippen LogP contribution in [0.25, 0.3) is 11.1 Å². The van der Waals surface area contributed by atoms with Gasteiger partial charge in [0.15, 0.2) is 11.4 Å². The van der Waals surface area contributed by atoms with Crippen molar-refractivity contribution in [2.24, 2.45) is 5.41 Å². The van der Waals surface area contributed by atoms with Crippen molar-refractivity contribution in [3.63, 3.8) is 0 Å². The molecular formula is C16H21NO3. The third kappa shape index (κ3) is 2.42. The van der Waals surface area contributed by atoms with Crippen LogP contribution in [0.3, 0.4) is 0 Å². The standard InChI is InChI=1S/C16H21NO3/c1-5-9-17-12-8-7-11(10-13(12)20-15(17)19)14(18)16(3,4)6-2/h7-8,10H,5-6,9H2,1-4H3. The van der Waals surface area contributed by atoms with Gasteiger partial charge in [-0.25, -0.2) is 4.79 Å². The molecular weight excluding hydrogens is 254 g/mol. The van der Waals surface area contributed by atoms with Gasteiger partial charge in [-0.3, -0.25) is 9.36 Å². The number of nitrogens with zero attached hydrogens (tertiary/aromatic N) is 1. The molecule has 0 atom stereocenters. The summed E-state index contributed by atoms with van der Waals surface area (Å²) in [4.78, 5) is 24.2. The molecule has 2 rings (SSSR count). The molecule has 0 aliphatic carbocycles. The third-order valence-corrected chi connectivity index (χ3v) is 3.88. The number of ketones is 1. The van der Waals surface area contributed by atoms with Crippen LogP contribution in [0.1, 0.15) is 50.9 Å². The van der Waals surface area contributed by atoms with Gasteiger partial charge >= 0.3 is 5.76 Å². The van der Waals surface area contributed by atoms with E-state index in [9.17, 15) is 9.59 Å². The van der Waals surface area contributed by atoms with Crippen LogP contribution < -0.4 is 5.76 Å². The molecule has 1 aromatic heterocycles. The molecule has 20 heavy (non-hydrogen) atoms. The quantitative estimate of drug-likeness (QED) is 0.783. The summed E-state index contributed by atoms with van der Waals surface area (Å²) in [6.45, 7) is 8.48. The van der Waals surface area contributed by atoms with E-state index in [4.69, 9.17) is 4.42 Å². The minimum Gasteiger partial charge on any atom is -0.408 e. The summed E-state index contributed by atoms with van der Waals surface area (Å²) in [5.74, 6) is -0.283. The molecule has 2 aromatic rings. The van der Waals surface area contributed by atoms with Crippen molar-refractivity contribution in [2.75, 3.05) is 0 Å². The fourth-order valence-corrected chi connectivity index (χ4v) is 2.19. The Kier molecular flexibility index (Phi) is 3.84. The van der Waals surface area contributed by atoms with Crippen LogP contribution in [0, 0.1) is 5.41 Å². The maximum atomic E-state index is 12.4. The summed E-state index contributed by atoms with van der Waals surface area (Å²) < 4.78 is 6.85. The lowest BCUT2D eigenvalue weighted by atomic mass is 9.82. The molecule has 1 aromatic carbocycles.